The van der Waals surface area contributed by atoms with Crippen LogP contribution in [0.25, 0.3) is 10.8 Å². The molecular weight excluding hydrogens is 580 g/mol. The van der Waals surface area contributed by atoms with Gasteiger partial charge in [0.1, 0.15) is 35.6 Å². The number of methoxy groups -OCH3 is 1. The molecule has 0 saturated carbocycles. The third-order valence-corrected chi connectivity index (χ3v) is 15.0. The highest BCUT2D eigenvalue weighted by atomic mass is 28.4. The Hall–Kier alpha value is -2.47. The van der Waals surface area contributed by atoms with Crippen molar-refractivity contribution in [2.75, 3.05) is 20.3 Å². The first-order valence-corrected chi connectivity index (χ1v) is 17.6. The van der Waals surface area contributed by atoms with E-state index in [9.17, 15) is 9.90 Å². The van der Waals surface area contributed by atoms with Crippen LogP contribution >= 0.6 is 0 Å². The number of rotatable bonds is 3. The van der Waals surface area contributed by atoms with Crippen molar-refractivity contribution in [3.63, 3.8) is 0 Å². The lowest BCUT2D eigenvalue weighted by atomic mass is 9.83. The zero-order valence-corrected chi connectivity index (χ0v) is 28.0. The Balaban J connectivity index is 1.52. The SMILES string of the molecule is C=C1[C@H](O)[C@H]2O[C@]1(C1OCCCO1)O[C@H]2c1c(C)cc2c(OC)c3c(c4c2c1O[Si](C(C)(C)C)(C(C)(C)C)O4)C(=O)CCC3. The van der Waals surface area contributed by atoms with Crippen LogP contribution in [0, 0.1) is 6.92 Å². The van der Waals surface area contributed by atoms with Crippen LogP contribution in [0.3, 0.4) is 0 Å². The second kappa shape index (κ2) is 9.76. The van der Waals surface area contributed by atoms with E-state index in [1.54, 1.807) is 7.11 Å². The van der Waals surface area contributed by atoms with Gasteiger partial charge in [-0.3, -0.25) is 4.79 Å². The van der Waals surface area contributed by atoms with E-state index in [2.05, 4.69) is 54.2 Å². The first-order chi connectivity index (χ1) is 20.7. The number of carbonyl (C=O) groups excluding carboxylic acids is 1. The molecule has 238 valence electrons. The number of benzene rings is 2. The summed E-state index contributed by atoms with van der Waals surface area (Å²) in [5, 5.41) is 12.2. The van der Waals surface area contributed by atoms with Gasteiger partial charge in [0.25, 0.3) is 0 Å². The van der Waals surface area contributed by atoms with Crippen LogP contribution in [0.15, 0.2) is 18.2 Å². The van der Waals surface area contributed by atoms with Crippen LogP contribution < -0.4 is 13.6 Å². The lowest BCUT2D eigenvalue weighted by molar-refractivity contribution is -0.313. The predicted molar refractivity (Wildman–Crippen MR) is 166 cm³/mol. The molecule has 1 N–H and O–H groups in total. The summed E-state index contributed by atoms with van der Waals surface area (Å²) in [6, 6.07) is 2.06. The van der Waals surface area contributed by atoms with Gasteiger partial charge in [-0.1, -0.05) is 48.1 Å². The minimum atomic E-state index is -3.26. The van der Waals surface area contributed by atoms with Crippen LogP contribution in [0.2, 0.25) is 10.1 Å². The molecule has 5 aliphatic rings. The summed E-state index contributed by atoms with van der Waals surface area (Å²) in [6.07, 6.45) is -0.641. The second-order valence-corrected chi connectivity index (χ2v) is 19.5. The number of ether oxygens (including phenoxy) is 5. The Bertz CT molecular complexity index is 1560. The van der Waals surface area contributed by atoms with Crippen LogP contribution in [0.1, 0.15) is 94.0 Å². The molecule has 0 amide bonds. The number of aryl methyl sites for hydroxylation is 1. The zero-order chi connectivity index (χ0) is 31.6. The lowest BCUT2D eigenvalue weighted by Gasteiger charge is -2.51. The van der Waals surface area contributed by atoms with Gasteiger partial charge < -0.3 is 37.6 Å². The van der Waals surface area contributed by atoms with E-state index in [0.29, 0.717) is 53.4 Å². The standard InChI is InChI=1S/C34H44O9Si/c1-17-16-20-24-27(22(17)29-30-25(36)18(2)34(40-29,41-30)31-38-14-11-15-39-31)42-44(32(3,4)5,33(6,7)8)43-28(24)23-19(26(20)37-9)12-10-13-21(23)35/h16,25,29-31,36H,2,10-15H2,1,3-9H3/t25-,29-,30+,34+/m0/s1. The molecule has 4 aliphatic heterocycles. The number of aliphatic hydroxyl groups is 1. The number of carbonyl (C=O) groups is 1. The van der Waals surface area contributed by atoms with Crippen molar-refractivity contribution in [1.29, 1.82) is 0 Å². The molecule has 0 aromatic heterocycles. The molecule has 0 radical (unpaired) electrons. The summed E-state index contributed by atoms with van der Waals surface area (Å²) in [4.78, 5) is 13.8. The van der Waals surface area contributed by atoms with Gasteiger partial charge in [0, 0.05) is 38.6 Å². The molecule has 4 heterocycles. The summed E-state index contributed by atoms with van der Waals surface area (Å²) in [5.41, 5.74) is 3.54. The van der Waals surface area contributed by atoms with Crippen molar-refractivity contribution in [2.45, 2.75) is 115 Å². The summed E-state index contributed by atoms with van der Waals surface area (Å²) < 4.78 is 45.8. The van der Waals surface area contributed by atoms with Gasteiger partial charge >= 0.3 is 8.56 Å². The second-order valence-electron chi connectivity index (χ2n) is 14.9. The largest absolute Gasteiger partial charge is 0.510 e. The predicted octanol–water partition coefficient (Wildman–Crippen LogP) is 6.34. The van der Waals surface area contributed by atoms with E-state index in [1.807, 2.05) is 6.92 Å². The highest BCUT2D eigenvalue weighted by Gasteiger charge is 2.68. The Labute approximate surface area is 260 Å². The van der Waals surface area contributed by atoms with E-state index in [-0.39, 0.29) is 5.78 Å². The highest BCUT2D eigenvalue weighted by Crippen LogP contribution is 2.63. The van der Waals surface area contributed by atoms with Gasteiger partial charge in [-0.25, -0.2) is 0 Å². The van der Waals surface area contributed by atoms with E-state index < -0.39 is 49.0 Å². The third-order valence-electron chi connectivity index (χ3n) is 10.0. The fraction of sp³-hybridized carbons (Fsp3) is 0.618. The van der Waals surface area contributed by atoms with E-state index >= 15 is 0 Å². The van der Waals surface area contributed by atoms with E-state index in [0.717, 1.165) is 41.3 Å². The number of hydrogen-bond acceptors (Lipinski definition) is 9. The number of fused-ring (bicyclic) bond motifs is 4. The third kappa shape index (κ3) is 3.85. The Morgan fingerprint density at radius 1 is 1.00 bits per heavy atom. The van der Waals surface area contributed by atoms with Gasteiger partial charge in [-0.2, -0.15) is 0 Å². The maximum atomic E-state index is 13.8. The Morgan fingerprint density at radius 3 is 2.30 bits per heavy atom. The van der Waals surface area contributed by atoms with Crippen molar-refractivity contribution in [1.82, 2.24) is 0 Å². The molecule has 0 unspecified atom stereocenters. The molecule has 3 fully saturated rings. The molecule has 2 aromatic rings. The first-order valence-electron chi connectivity index (χ1n) is 15.7. The molecule has 2 aromatic carbocycles. The minimum Gasteiger partial charge on any atom is -0.510 e. The van der Waals surface area contributed by atoms with Crippen LogP contribution in [0.4, 0.5) is 0 Å². The van der Waals surface area contributed by atoms with Crippen molar-refractivity contribution < 1.29 is 42.4 Å². The van der Waals surface area contributed by atoms with Crippen molar-refractivity contribution in [3.05, 3.63) is 40.5 Å². The highest BCUT2D eigenvalue weighted by molar-refractivity contribution is 6.75. The van der Waals surface area contributed by atoms with Gasteiger partial charge in [0.15, 0.2) is 5.78 Å². The number of Topliss-reactive ketones (excluding diaryl/α,β-unsaturated/α-hetero) is 1. The van der Waals surface area contributed by atoms with Gasteiger partial charge in [-0.15, -0.1) is 0 Å². The molecule has 1 aliphatic carbocycles. The first kappa shape index (κ1) is 30.2. The maximum Gasteiger partial charge on any atom is 0.471 e. The fourth-order valence-corrected chi connectivity index (χ4v) is 12.7. The zero-order valence-electron chi connectivity index (χ0n) is 27.0. The molecule has 10 heteroatoms. The Kier molecular flexibility index (Phi) is 6.70. The summed E-state index contributed by atoms with van der Waals surface area (Å²) in [7, 11) is -1.61. The van der Waals surface area contributed by atoms with Gasteiger partial charge in [-0.05, 0) is 37.8 Å². The molecular formula is C34H44O9Si. The maximum absolute atomic E-state index is 13.8. The normalized spacial score (nSPS) is 29.9. The average molecular weight is 625 g/mol. The van der Waals surface area contributed by atoms with Gasteiger partial charge in [0.05, 0.1) is 31.3 Å². The summed E-state index contributed by atoms with van der Waals surface area (Å²) in [6.45, 7) is 20.0. The van der Waals surface area contributed by atoms with E-state index in [1.165, 1.54) is 0 Å². The lowest BCUT2D eigenvalue weighted by Crippen LogP contribution is -2.63. The van der Waals surface area contributed by atoms with Crippen molar-refractivity contribution >= 4 is 25.1 Å². The Morgan fingerprint density at radius 2 is 1.66 bits per heavy atom. The molecule has 44 heavy (non-hydrogen) atoms. The van der Waals surface area contributed by atoms with Crippen LogP contribution in [-0.2, 0) is 25.4 Å². The molecule has 4 atom stereocenters. The van der Waals surface area contributed by atoms with Gasteiger partial charge in [0.2, 0.25) is 12.1 Å². The molecule has 7 rings (SSSR count). The smallest absolute Gasteiger partial charge is 0.471 e. The fourth-order valence-electron chi connectivity index (χ4n) is 8.20. The molecule has 0 spiro atoms. The van der Waals surface area contributed by atoms with Crippen LogP contribution in [-0.4, -0.2) is 64.1 Å². The van der Waals surface area contributed by atoms with E-state index in [4.69, 9.17) is 32.5 Å². The quantitative estimate of drug-likeness (QED) is 0.310. The molecule has 9 nitrogen and oxygen atoms in total. The average Bonchev–Trinajstić information content (AvgIpc) is 3.47. The number of ketones is 1. The van der Waals surface area contributed by atoms with Crippen molar-refractivity contribution in [3.8, 4) is 17.2 Å². The topological polar surface area (TPSA) is 102 Å². The number of aliphatic hydroxyl groups excluding tert-OH is 1. The minimum absolute atomic E-state index is 0.0546. The van der Waals surface area contributed by atoms with Crippen LogP contribution in [0.5, 0.6) is 17.2 Å². The monoisotopic (exact) mass is 624 g/mol. The molecule has 3 saturated heterocycles. The summed E-state index contributed by atoms with van der Waals surface area (Å²) >= 11 is 0. The number of hydrogen-bond donors (Lipinski definition) is 1. The van der Waals surface area contributed by atoms with Crippen molar-refractivity contribution in [2.24, 2.45) is 0 Å². The summed E-state index contributed by atoms with van der Waals surface area (Å²) in [5.74, 6) is 0.469. The molecule has 2 bridgehead atoms.